The van der Waals surface area contributed by atoms with Crippen LogP contribution in [0.3, 0.4) is 0 Å². The van der Waals surface area contributed by atoms with Crippen LogP contribution in [0, 0.1) is 0 Å². The number of hydrazone groups is 1. The number of anilines is 1. The van der Waals surface area contributed by atoms with Gasteiger partial charge in [0.15, 0.2) is 12.0 Å². The zero-order valence-corrected chi connectivity index (χ0v) is 10.4. The summed E-state index contributed by atoms with van der Waals surface area (Å²) in [6.07, 6.45) is 2.22. The molecule has 96 valence electrons. The molecule has 6 nitrogen and oxygen atoms in total. The average Bonchev–Trinajstić information content (AvgIpc) is 2.88. The Morgan fingerprint density at radius 3 is 2.74 bits per heavy atom. The number of hydrogen-bond donors (Lipinski definition) is 2. The van der Waals surface area contributed by atoms with E-state index in [0.29, 0.717) is 16.3 Å². The van der Waals surface area contributed by atoms with Gasteiger partial charge in [-0.25, -0.2) is 9.78 Å². The third-order valence-corrected chi connectivity index (χ3v) is 2.96. The molecule has 2 N–H and O–H groups in total. The fourth-order valence-electron chi connectivity index (χ4n) is 1.32. The summed E-state index contributed by atoms with van der Waals surface area (Å²) in [7, 11) is 0. The number of hydrogen-bond acceptors (Lipinski definition) is 6. The summed E-state index contributed by atoms with van der Waals surface area (Å²) < 4.78 is 0. The number of thiazole rings is 1. The van der Waals surface area contributed by atoms with Gasteiger partial charge in [-0.2, -0.15) is 5.10 Å². The highest BCUT2D eigenvalue weighted by Crippen LogP contribution is 2.15. The standard InChI is InChI=1S/C12H9N3O3S/c16-6-9-4-2-1-3-8(9)5-13-15-12-14-10(7-19-12)11(17)18/h1-7H,(H,14,15)(H,17,18)/b13-5+. The van der Waals surface area contributed by atoms with E-state index in [1.165, 1.54) is 11.6 Å². The molecule has 0 fully saturated rings. The third kappa shape index (κ3) is 3.23. The molecule has 19 heavy (non-hydrogen) atoms. The molecule has 2 aromatic rings. The Hall–Kier alpha value is -2.54. The lowest BCUT2D eigenvalue weighted by Gasteiger charge is -1.97. The average molecular weight is 275 g/mol. The van der Waals surface area contributed by atoms with Crippen molar-refractivity contribution in [2.45, 2.75) is 0 Å². The minimum Gasteiger partial charge on any atom is -0.476 e. The molecule has 7 heteroatoms. The van der Waals surface area contributed by atoms with Crippen LogP contribution in [0.1, 0.15) is 26.4 Å². The first-order chi connectivity index (χ1) is 9.20. The molecule has 1 aromatic heterocycles. The maximum absolute atomic E-state index is 10.8. The molecule has 0 aliphatic rings. The van der Waals surface area contributed by atoms with Gasteiger partial charge in [0.25, 0.3) is 0 Å². The molecule has 0 saturated heterocycles. The Morgan fingerprint density at radius 1 is 1.37 bits per heavy atom. The fourth-order valence-corrected chi connectivity index (χ4v) is 1.95. The molecule has 0 aliphatic heterocycles. The largest absolute Gasteiger partial charge is 0.476 e. The van der Waals surface area contributed by atoms with Gasteiger partial charge in [-0.3, -0.25) is 10.2 Å². The highest BCUT2D eigenvalue weighted by Gasteiger charge is 2.07. The van der Waals surface area contributed by atoms with Crippen molar-refractivity contribution in [3.8, 4) is 0 Å². The van der Waals surface area contributed by atoms with Crippen molar-refractivity contribution >= 4 is 34.9 Å². The van der Waals surface area contributed by atoms with Crippen LogP contribution in [-0.4, -0.2) is 28.6 Å². The molecule has 0 saturated carbocycles. The summed E-state index contributed by atoms with van der Waals surface area (Å²) in [4.78, 5) is 25.2. The first-order valence-electron chi connectivity index (χ1n) is 5.23. The molecule has 0 atom stereocenters. The molecular weight excluding hydrogens is 266 g/mol. The lowest BCUT2D eigenvalue weighted by molar-refractivity contribution is 0.0691. The van der Waals surface area contributed by atoms with Crippen LogP contribution in [0.4, 0.5) is 5.13 Å². The monoisotopic (exact) mass is 275 g/mol. The van der Waals surface area contributed by atoms with Crippen molar-refractivity contribution in [1.29, 1.82) is 0 Å². The molecule has 1 heterocycles. The summed E-state index contributed by atoms with van der Waals surface area (Å²) >= 11 is 1.14. The van der Waals surface area contributed by atoms with E-state index in [9.17, 15) is 9.59 Å². The van der Waals surface area contributed by atoms with Crippen molar-refractivity contribution in [3.63, 3.8) is 0 Å². The summed E-state index contributed by atoms with van der Waals surface area (Å²) in [5, 5.41) is 14.4. The summed E-state index contributed by atoms with van der Waals surface area (Å²) in [5.74, 6) is -1.08. The van der Waals surface area contributed by atoms with E-state index in [1.807, 2.05) is 0 Å². The zero-order chi connectivity index (χ0) is 13.7. The first-order valence-corrected chi connectivity index (χ1v) is 6.11. The van der Waals surface area contributed by atoms with Gasteiger partial charge in [0.2, 0.25) is 5.13 Å². The number of carboxylic acid groups (broad SMARTS) is 1. The van der Waals surface area contributed by atoms with E-state index < -0.39 is 5.97 Å². The molecule has 0 aliphatic carbocycles. The van der Waals surface area contributed by atoms with Crippen molar-refractivity contribution < 1.29 is 14.7 Å². The molecule has 0 amide bonds. The number of nitrogens with zero attached hydrogens (tertiary/aromatic N) is 2. The van der Waals surface area contributed by atoms with Gasteiger partial charge in [0.1, 0.15) is 0 Å². The Kier molecular flexibility index (Phi) is 3.99. The van der Waals surface area contributed by atoms with Gasteiger partial charge in [-0.15, -0.1) is 11.3 Å². The molecule has 0 spiro atoms. The van der Waals surface area contributed by atoms with Gasteiger partial charge < -0.3 is 5.11 Å². The van der Waals surface area contributed by atoms with Crippen LogP contribution < -0.4 is 5.43 Å². The van der Waals surface area contributed by atoms with Crippen LogP contribution >= 0.6 is 11.3 Å². The second-order valence-corrected chi connectivity index (χ2v) is 4.32. The normalized spacial score (nSPS) is 10.5. The number of aromatic nitrogens is 1. The molecule has 1 aromatic carbocycles. The number of nitrogens with one attached hydrogen (secondary N) is 1. The number of aromatic carboxylic acids is 1. The Bertz CT molecular complexity index is 637. The molecular formula is C12H9N3O3S. The van der Waals surface area contributed by atoms with Gasteiger partial charge in [0, 0.05) is 16.5 Å². The van der Waals surface area contributed by atoms with E-state index in [0.717, 1.165) is 17.6 Å². The smallest absolute Gasteiger partial charge is 0.355 e. The van der Waals surface area contributed by atoms with Crippen molar-refractivity contribution in [1.82, 2.24) is 4.98 Å². The van der Waals surface area contributed by atoms with Gasteiger partial charge in [0.05, 0.1) is 6.21 Å². The van der Waals surface area contributed by atoms with Crippen molar-refractivity contribution in [2.75, 3.05) is 5.43 Å². The van der Waals surface area contributed by atoms with Crippen LogP contribution in [0.2, 0.25) is 0 Å². The second kappa shape index (κ2) is 5.87. The molecule has 0 unspecified atom stereocenters. The summed E-state index contributed by atoms with van der Waals surface area (Å²) in [6, 6.07) is 6.98. The number of rotatable bonds is 5. The molecule has 0 radical (unpaired) electrons. The van der Waals surface area contributed by atoms with Crippen molar-refractivity contribution in [2.24, 2.45) is 5.10 Å². The SMILES string of the molecule is O=Cc1ccccc1/C=N/Nc1nc(C(=O)O)cs1. The highest BCUT2D eigenvalue weighted by atomic mass is 32.1. The van der Waals surface area contributed by atoms with E-state index >= 15 is 0 Å². The van der Waals surface area contributed by atoms with Gasteiger partial charge in [-0.05, 0) is 0 Å². The van der Waals surface area contributed by atoms with E-state index in [2.05, 4.69) is 15.5 Å². The number of benzene rings is 1. The number of aldehydes is 1. The lowest BCUT2D eigenvalue weighted by atomic mass is 10.1. The predicted molar refractivity (Wildman–Crippen MR) is 72.1 cm³/mol. The Morgan fingerprint density at radius 2 is 2.11 bits per heavy atom. The number of carbonyl (C=O) groups is 2. The quantitative estimate of drug-likeness (QED) is 0.495. The fraction of sp³-hybridized carbons (Fsp3) is 0. The third-order valence-electron chi connectivity index (χ3n) is 2.21. The number of carbonyl (C=O) groups excluding carboxylic acids is 1. The summed E-state index contributed by atoms with van der Waals surface area (Å²) in [6.45, 7) is 0. The topological polar surface area (TPSA) is 91.7 Å². The minimum absolute atomic E-state index is 0.0315. The Labute approximate surface area is 112 Å². The predicted octanol–water partition coefficient (Wildman–Crippen LogP) is 2.10. The van der Waals surface area contributed by atoms with Crippen molar-refractivity contribution in [3.05, 3.63) is 46.5 Å². The maximum atomic E-state index is 10.8. The van der Waals surface area contributed by atoms with Gasteiger partial charge in [-0.1, -0.05) is 24.3 Å². The van der Waals surface area contributed by atoms with Crippen LogP contribution in [0.15, 0.2) is 34.7 Å². The first kappa shape index (κ1) is 12.9. The minimum atomic E-state index is -1.08. The molecule has 0 bridgehead atoms. The number of carboxylic acids is 1. The van der Waals surface area contributed by atoms with E-state index in [-0.39, 0.29) is 5.69 Å². The second-order valence-electron chi connectivity index (χ2n) is 3.46. The maximum Gasteiger partial charge on any atom is 0.355 e. The van der Waals surface area contributed by atoms with Crippen LogP contribution in [0.25, 0.3) is 0 Å². The van der Waals surface area contributed by atoms with Crippen LogP contribution in [0.5, 0.6) is 0 Å². The summed E-state index contributed by atoms with van der Waals surface area (Å²) in [5.41, 5.74) is 3.78. The highest BCUT2D eigenvalue weighted by molar-refractivity contribution is 7.13. The zero-order valence-electron chi connectivity index (χ0n) is 9.61. The Balaban J connectivity index is 2.06. The van der Waals surface area contributed by atoms with E-state index in [1.54, 1.807) is 24.3 Å². The lowest BCUT2D eigenvalue weighted by Crippen LogP contribution is -1.97. The van der Waals surface area contributed by atoms with Gasteiger partial charge >= 0.3 is 5.97 Å². The molecule has 2 rings (SSSR count). The van der Waals surface area contributed by atoms with E-state index in [4.69, 9.17) is 5.11 Å². The van der Waals surface area contributed by atoms with Crippen LogP contribution in [-0.2, 0) is 0 Å².